The molecule has 19 heavy (non-hydrogen) atoms. The van der Waals surface area contributed by atoms with E-state index in [1.165, 1.54) is 70.6 Å². The van der Waals surface area contributed by atoms with Crippen LogP contribution in [0.25, 0.3) is 0 Å². The first-order chi connectivity index (χ1) is 9.27. The molecular weight excluding hydrogens is 232 g/mol. The molecule has 1 fully saturated rings. The summed E-state index contributed by atoms with van der Waals surface area (Å²) in [6.45, 7) is 4.60. The third-order valence-electron chi connectivity index (χ3n) is 5.01. The lowest BCUT2D eigenvalue weighted by molar-refractivity contribution is 0.0859. The van der Waals surface area contributed by atoms with Crippen LogP contribution in [0.3, 0.4) is 0 Å². The second-order valence-electron chi connectivity index (χ2n) is 6.67. The fourth-order valence-electron chi connectivity index (χ4n) is 3.67. The molecule has 1 rings (SSSR count). The van der Waals surface area contributed by atoms with Gasteiger partial charge in [0.15, 0.2) is 0 Å². The molecule has 1 saturated carbocycles. The Morgan fingerprint density at radius 1 is 0.789 bits per heavy atom. The van der Waals surface area contributed by atoms with E-state index >= 15 is 0 Å². The largest absolute Gasteiger partial charge is 0.393 e. The van der Waals surface area contributed by atoms with Crippen LogP contribution >= 0.6 is 0 Å². The van der Waals surface area contributed by atoms with Gasteiger partial charge < -0.3 is 5.11 Å². The number of hydrogen-bond acceptors (Lipinski definition) is 1. The molecule has 0 aromatic rings. The summed E-state index contributed by atoms with van der Waals surface area (Å²) in [5.74, 6) is 1.87. The van der Waals surface area contributed by atoms with Crippen molar-refractivity contribution in [3.63, 3.8) is 0 Å². The Bertz CT molecular complexity index is 194. The van der Waals surface area contributed by atoms with E-state index < -0.39 is 0 Å². The zero-order chi connectivity index (χ0) is 13.9. The first-order valence-electron chi connectivity index (χ1n) is 8.96. The highest BCUT2D eigenvalue weighted by molar-refractivity contribution is 4.77. The van der Waals surface area contributed by atoms with Crippen LogP contribution in [-0.4, -0.2) is 11.2 Å². The Labute approximate surface area is 121 Å². The molecule has 1 heteroatoms. The van der Waals surface area contributed by atoms with Gasteiger partial charge in [-0.3, -0.25) is 0 Å². The van der Waals surface area contributed by atoms with Crippen LogP contribution in [0.5, 0.6) is 0 Å². The molecule has 0 aliphatic heterocycles. The lowest BCUT2D eigenvalue weighted by Crippen LogP contribution is -2.24. The summed E-state index contributed by atoms with van der Waals surface area (Å²) < 4.78 is 0. The number of hydrogen-bond donors (Lipinski definition) is 1. The Balaban J connectivity index is 2.25. The maximum absolute atomic E-state index is 9.66. The van der Waals surface area contributed by atoms with Crippen molar-refractivity contribution in [3.8, 4) is 0 Å². The molecule has 1 aliphatic carbocycles. The smallest absolute Gasteiger partial charge is 0.0540 e. The first kappa shape index (κ1) is 17.0. The Morgan fingerprint density at radius 2 is 1.37 bits per heavy atom. The zero-order valence-corrected chi connectivity index (χ0v) is 13.4. The summed E-state index contributed by atoms with van der Waals surface area (Å²) in [7, 11) is 0. The van der Waals surface area contributed by atoms with E-state index in [1.807, 2.05) is 0 Å². The zero-order valence-electron chi connectivity index (χ0n) is 13.4. The predicted octanol–water partition coefficient (Wildman–Crippen LogP) is 5.70. The van der Waals surface area contributed by atoms with E-state index in [0.717, 1.165) is 24.7 Å². The molecule has 114 valence electrons. The van der Waals surface area contributed by atoms with Gasteiger partial charge in [-0.1, -0.05) is 71.6 Å². The van der Waals surface area contributed by atoms with Crippen molar-refractivity contribution in [3.05, 3.63) is 0 Å². The van der Waals surface area contributed by atoms with Gasteiger partial charge in [-0.15, -0.1) is 0 Å². The monoisotopic (exact) mass is 268 g/mol. The van der Waals surface area contributed by atoms with Gasteiger partial charge in [0.25, 0.3) is 0 Å². The summed E-state index contributed by atoms with van der Waals surface area (Å²) in [5.41, 5.74) is 0. The molecule has 0 bridgehead atoms. The summed E-state index contributed by atoms with van der Waals surface area (Å²) in [4.78, 5) is 0. The minimum absolute atomic E-state index is 0.00706. The van der Waals surface area contributed by atoms with E-state index in [1.54, 1.807) is 0 Å². The maximum atomic E-state index is 9.66. The second kappa shape index (κ2) is 10.7. The van der Waals surface area contributed by atoms with Gasteiger partial charge in [-0.2, -0.15) is 0 Å². The number of unbranched alkanes of at least 4 members (excludes halogenated alkanes) is 5. The fraction of sp³-hybridized carbons (Fsp3) is 1.00. The molecule has 1 nitrogen and oxygen atoms in total. The van der Waals surface area contributed by atoms with Crippen molar-refractivity contribution in [1.29, 1.82) is 0 Å². The fourth-order valence-corrected chi connectivity index (χ4v) is 3.67. The van der Waals surface area contributed by atoms with E-state index in [-0.39, 0.29) is 6.10 Å². The highest BCUT2D eigenvalue weighted by Crippen LogP contribution is 2.35. The highest BCUT2D eigenvalue weighted by atomic mass is 16.3. The first-order valence-corrected chi connectivity index (χ1v) is 8.96. The second-order valence-corrected chi connectivity index (χ2v) is 6.67. The van der Waals surface area contributed by atoms with Gasteiger partial charge in [0.05, 0.1) is 6.10 Å². The summed E-state index contributed by atoms with van der Waals surface area (Å²) >= 11 is 0. The van der Waals surface area contributed by atoms with Crippen LogP contribution in [0.1, 0.15) is 97.3 Å². The average molecular weight is 268 g/mol. The summed E-state index contributed by atoms with van der Waals surface area (Å²) in [6.07, 6.45) is 17.4. The molecule has 0 saturated heterocycles. The van der Waals surface area contributed by atoms with E-state index in [0.29, 0.717) is 0 Å². The highest BCUT2D eigenvalue weighted by Gasteiger charge is 2.25. The molecule has 0 spiro atoms. The standard InChI is InChI=1S/C18H36O/c1-3-5-7-8-9-11-16(10-6-4-2)17-12-14-18(19)15-13-17/h16-19H,3-15H2,1-2H3/t16?,17-,18-. The van der Waals surface area contributed by atoms with Crippen molar-refractivity contribution >= 4 is 0 Å². The van der Waals surface area contributed by atoms with Crippen molar-refractivity contribution in [2.75, 3.05) is 0 Å². The molecule has 1 unspecified atom stereocenters. The van der Waals surface area contributed by atoms with Crippen molar-refractivity contribution in [1.82, 2.24) is 0 Å². The van der Waals surface area contributed by atoms with Gasteiger partial charge in [-0.25, -0.2) is 0 Å². The lowest BCUT2D eigenvalue weighted by Gasteiger charge is -2.32. The van der Waals surface area contributed by atoms with Gasteiger partial charge >= 0.3 is 0 Å². The molecular formula is C18H36O. The lowest BCUT2D eigenvalue weighted by atomic mass is 9.75. The molecule has 1 N–H and O–H groups in total. The number of aliphatic hydroxyl groups excluding tert-OH is 1. The summed E-state index contributed by atoms with van der Waals surface area (Å²) in [5, 5.41) is 9.66. The van der Waals surface area contributed by atoms with Crippen LogP contribution < -0.4 is 0 Å². The van der Waals surface area contributed by atoms with E-state index in [4.69, 9.17) is 0 Å². The molecule has 0 heterocycles. The average Bonchev–Trinajstić information content (AvgIpc) is 2.43. The number of rotatable bonds is 10. The third-order valence-corrected chi connectivity index (χ3v) is 5.01. The van der Waals surface area contributed by atoms with E-state index in [9.17, 15) is 5.11 Å². The van der Waals surface area contributed by atoms with Gasteiger partial charge in [0, 0.05) is 0 Å². The normalized spacial score (nSPS) is 25.4. The van der Waals surface area contributed by atoms with Gasteiger partial charge in [0.1, 0.15) is 0 Å². The van der Waals surface area contributed by atoms with Crippen molar-refractivity contribution in [2.45, 2.75) is 103 Å². The maximum Gasteiger partial charge on any atom is 0.0540 e. The van der Waals surface area contributed by atoms with Crippen LogP contribution in [0.15, 0.2) is 0 Å². The molecule has 0 amide bonds. The molecule has 0 aromatic carbocycles. The Hall–Kier alpha value is -0.0400. The predicted molar refractivity (Wildman–Crippen MR) is 84.4 cm³/mol. The minimum atomic E-state index is 0.00706. The SMILES string of the molecule is CCCCCCCC(CCCC)[C@H]1CC[C@H](O)CC1. The third kappa shape index (κ3) is 7.34. The molecule has 1 atom stereocenters. The Morgan fingerprint density at radius 3 is 2.00 bits per heavy atom. The molecule has 1 aliphatic rings. The van der Waals surface area contributed by atoms with Gasteiger partial charge in [0.2, 0.25) is 0 Å². The Kier molecular flexibility index (Phi) is 9.59. The van der Waals surface area contributed by atoms with Crippen molar-refractivity contribution in [2.24, 2.45) is 11.8 Å². The van der Waals surface area contributed by atoms with E-state index in [2.05, 4.69) is 13.8 Å². The van der Waals surface area contributed by atoms with Crippen molar-refractivity contribution < 1.29 is 5.11 Å². The minimum Gasteiger partial charge on any atom is -0.393 e. The molecule has 0 aromatic heterocycles. The topological polar surface area (TPSA) is 20.2 Å². The quantitative estimate of drug-likeness (QED) is 0.503. The van der Waals surface area contributed by atoms with Crippen LogP contribution in [-0.2, 0) is 0 Å². The molecule has 0 radical (unpaired) electrons. The van der Waals surface area contributed by atoms with Crippen LogP contribution in [0.2, 0.25) is 0 Å². The van der Waals surface area contributed by atoms with Crippen LogP contribution in [0.4, 0.5) is 0 Å². The van der Waals surface area contributed by atoms with Crippen LogP contribution in [0, 0.1) is 11.8 Å². The van der Waals surface area contributed by atoms with Gasteiger partial charge in [-0.05, 0) is 37.5 Å². The number of aliphatic hydroxyl groups is 1. The summed E-state index contributed by atoms with van der Waals surface area (Å²) in [6, 6.07) is 0.